The molecule has 10 heteroatoms. The quantitative estimate of drug-likeness (QED) is 0.771. The van der Waals surface area contributed by atoms with Crippen LogP contribution in [-0.2, 0) is 9.59 Å². The number of hydrogen-bond acceptors (Lipinski definition) is 6. The minimum Gasteiger partial charge on any atom is -0.493 e. The van der Waals surface area contributed by atoms with E-state index >= 15 is 0 Å². The van der Waals surface area contributed by atoms with Crippen LogP contribution in [0.15, 0.2) is 24.5 Å². The average Bonchev–Trinajstić information content (AvgIpc) is 3.20. The third-order valence-corrected chi connectivity index (χ3v) is 4.25. The first-order valence-electron chi connectivity index (χ1n) is 7.48. The summed E-state index contributed by atoms with van der Waals surface area (Å²) in [6.45, 7) is 0.269. The smallest absolute Gasteiger partial charge is 0.244 e. The van der Waals surface area contributed by atoms with Crippen molar-refractivity contribution >= 4 is 29.7 Å². The highest BCUT2D eigenvalue weighted by atomic mass is 32.1. The molecule has 2 aromatic rings. The van der Waals surface area contributed by atoms with Crippen molar-refractivity contribution < 1.29 is 19.1 Å². The number of nitrogens with one attached hydrogen (secondary N) is 2. The molecule has 2 amide bonds. The molecule has 1 aliphatic heterocycles. The number of nitrogens with zero attached hydrogens (tertiary/aromatic N) is 3. The van der Waals surface area contributed by atoms with E-state index in [0.717, 1.165) is 0 Å². The van der Waals surface area contributed by atoms with Gasteiger partial charge in [-0.15, -0.1) is 0 Å². The van der Waals surface area contributed by atoms with Gasteiger partial charge in [-0.1, -0.05) is 0 Å². The largest absolute Gasteiger partial charge is 0.493 e. The molecule has 1 atom stereocenters. The van der Waals surface area contributed by atoms with E-state index < -0.39 is 5.92 Å². The van der Waals surface area contributed by atoms with Gasteiger partial charge in [0.15, 0.2) is 11.5 Å². The van der Waals surface area contributed by atoms with E-state index in [0.29, 0.717) is 17.2 Å². The first-order valence-corrected chi connectivity index (χ1v) is 7.89. The summed E-state index contributed by atoms with van der Waals surface area (Å²) >= 11 is 4.98. The third kappa shape index (κ3) is 3.33. The molecule has 0 spiro atoms. The number of carbonyl (C=O) groups is 2. The van der Waals surface area contributed by atoms with E-state index in [-0.39, 0.29) is 29.6 Å². The first kappa shape index (κ1) is 17.0. The molecule has 3 rings (SSSR count). The fourth-order valence-electron chi connectivity index (χ4n) is 2.66. The van der Waals surface area contributed by atoms with Crippen LogP contribution in [0.4, 0.5) is 5.69 Å². The van der Waals surface area contributed by atoms with E-state index in [2.05, 4.69) is 15.6 Å². The van der Waals surface area contributed by atoms with Crippen LogP contribution in [0.2, 0.25) is 0 Å². The number of carbonyl (C=O) groups excluding carboxylic acids is 2. The number of aromatic amines is 1. The van der Waals surface area contributed by atoms with Crippen LogP contribution in [0.1, 0.15) is 6.42 Å². The second-order valence-electron chi connectivity index (χ2n) is 5.45. The zero-order valence-electron chi connectivity index (χ0n) is 13.7. The Kier molecular flexibility index (Phi) is 4.70. The van der Waals surface area contributed by atoms with Crippen molar-refractivity contribution in [2.45, 2.75) is 6.42 Å². The Morgan fingerprint density at radius 1 is 1.36 bits per heavy atom. The van der Waals surface area contributed by atoms with Crippen LogP contribution in [0.25, 0.3) is 0 Å². The molecule has 2 heterocycles. The number of amides is 2. The lowest BCUT2D eigenvalue weighted by Gasteiger charge is -2.18. The summed E-state index contributed by atoms with van der Waals surface area (Å²) in [6, 6.07) is 5.19. The van der Waals surface area contributed by atoms with Crippen LogP contribution in [-0.4, -0.2) is 47.5 Å². The summed E-state index contributed by atoms with van der Waals surface area (Å²) in [4.78, 5) is 26.3. The number of benzene rings is 1. The van der Waals surface area contributed by atoms with E-state index in [9.17, 15) is 9.59 Å². The second kappa shape index (κ2) is 6.93. The van der Waals surface area contributed by atoms with Gasteiger partial charge in [0.25, 0.3) is 0 Å². The Bertz CT molecular complexity index is 862. The Morgan fingerprint density at radius 3 is 2.76 bits per heavy atom. The maximum atomic E-state index is 12.4. The van der Waals surface area contributed by atoms with Crippen LogP contribution >= 0.6 is 12.2 Å². The molecule has 1 saturated heterocycles. The average molecular weight is 363 g/mol. The lowest BCUT2D eigenvalue weighted by molar-refractivity contribution is -0.123. The minimum atomic E-state index is -0.489. The predicted molar refractivity (Wildman–Crippen MR) is 91.8 cm³/mol. The summed E-state index contributed by atoms with van der Waals surface area (Å²) in [7, 11) is 3.07. The summed E-state index contributed by atoms with van der Waals surface area (Å²) in [5.74, 6) is 0.168. The van der Waals surface area contributed by atoms with Crippen LogP contribution < -0.4 is 19.8 Å². The SMILES string of the molecule is COc1ccc(N2CC(C(=O)Nn3cn[nH]c3=S)CC2=O)cc1OC. The van der Waals surface area contributed by atoms with Crippen molar-refractivity contribution in [2.75, 3.05) is 31.1 Å². The van der Waals surface area contributed by atoms with Crippen molar-refractivity contribution in [3.05, 3.63) is 29.3 Å². The Morgan fingerprint density at radius 2 is 2.12 bits per heavy atom. The number of H-pyrrole nitrogens is 1. The van der Waals surface area contributed by atoms with E-state index in [1.807, 2.05) is 0 Å². The molecule has 1 fully saturated rings. The highest BCUT2D eigenvalue weighted by Gasteiger charge is 2.35. The predicted octanol–water partition coefficient (Wildman–Crippen LogP) is 1.08. The Balaban J connectivity index is 1.75. The Labute approximate surface area is 148 Å². The zero-order valence-corrected chi connectivity index (χ0v) is 14.5. The highest BCUT2D eigenvalue weighted by Crippen LogP contribution is 2.34. The normalized spacial score (nSPS) is 16.8. The van der Waals surface area contributed by atoms with Gasteiger partial charge in [0.1, 0.15) is 6.33 Å². The van der Waals surface area contributed by atoms with E-state index in [4.69, 9.17) is 21.7 Å². The van der Waals surface area contributed by atoms with Gasteiger partial charge in [0.2, 0.25) is 16.6 Å². The van der Waals surface area contributed by atoms with Crippen molar-refractivity contribution in [3.8, 4) is 11.5 Å². The third-order valence-electron chi connectivity index (χ3n) is 3.96. The van der Waals surface area contributed by atoms with Gasteiger partial charge in [-0.3, -0.25) is 20.1 Å². The number of aromatic nitrogens is 3. The van der Waals surface area contributed by atoms with Gasteiger partial charge >= 0.3 is 0 Å². The number of anilines is 1. The molecule has 1 aliphatic rings. The van der Waals surface area contributed by atoms with E-state index in [1.165, 1.54) is 18.1 Å². The number of hydrogen-bond donors (Lipinski definition) is 2. The van der Waals surface area contributed by atoms with Gasteiger partial charge < -0.3 is 14.4 Å². The minimum absolute atomic E-state index is 0.116. The Hall–Kier alpha value is -2.88. The van der Waals surface area contributed by atoms with Gasteiger partial charge in [0.05, 0.1) is 20.1 Å². The summed E-state index contributed by atoms with van der Waals surface area (Å²) in [5.41, 5.74) is 3.27. The molecular formula is C15H17N5O4S. The topological polar surface area (TPSA) is 101 Å². The van der Waals surface area contributed by atoms with Crippen LogP contribution in [0, 0.1) is 10.7 Å². The van der Waals surface area contributed by atoms with Crippen molar-refractivity contribution in [2.24, 2.45) is 5.92 Å². The summed E-state index contributed by atoms with van der Waals surface area (Å²) < 4.78 is 12.0. The van der Waals surface area contributed by atoms with Crippen molar-refractivity contribution in [1.82, 2.24) is 14.9 Å². The highest BCUT2D eigenvalue weighted by molar-refractivity contribution is 7.71. The molecule has 0 saturated carbocycles. The molecule has 25 heavy (non-hydrogen) atoms. The van der Waals surface area contributed by atoms with Gasteiger partial charge in [-0.25, -0.2) is 4.68 Å². The zero-order chi connectivity index (χ0) is 18.0. The monoisotopic (exact) mass is 363 g/mol. The van der Waals surface area contributed by atoms with Gasteiger partial charge in [-0.05, 0) is 24.4 Å². The summed E-state index contributed by atoms with van der Waals surface area (Å²) in [5, 5.41) is 6.27. The standard InChI is InChI=1S/C15H17N5O4S/c1-23-11-4-3-10(6-12(11)24-2)19-7-9(5-13(19)21)14(22)18-20-8-16-17-15(20)25/h3-4,6,8-9H,5,7H2,1-2H3,(H,17,25)(H,18,22). The molecule has 0 aliphatic carbocycles. The molecule has 1 aromatic heterocycles. The van der Waals surface area contributed by atoms with Crippen LogP contribution in [0.3, 0.4) is 0 Å². The number of ether oxygens (including phenoxy) is 2. The molecular weight excluding hydrogens is 346 g/mol. The fraction of sp³-hybridized carbons (Fsp3) is 0.333. The van der Waals surface area contributed by atoms with Crippen molar-refractivity contribution in [3.63, 3.8) is 0 Å². The molecule has 132 valence electrons. The number of rotatable bonds is 5. The first-order chi connectivity index (χ1) is 12.0. The maximum Gasteiger partial charge on any atom is 0.244 e. The molecule has 0 radical (unpaired) electrons. The fourth-order valence-corrected chi connectivity index (χ4v) is 2.81. The van der Waals surface area contributed by atoms with Gasteiger partial charge in [0, 0.05) is 24.7 Å². The van der Waals surface area contributed by atoms with Gasteiger partial charge in [-0.2, -0.15) is 5.10 Å². The molecule has 0 bridgehead atoms. The van der Waals surface area contributed by atoms with E-state index in [1.54, 1.807) is 30.2 Å². The lowest BCUT2D eigenvalue weighted by Crippen LogP contribution is -2.31. The molecule has 1 unspecified atom stereocenters. The van der Waals surface area contributed by atoms with Crippen molar-refractivity contribution in [1.29, 1.82) is 0 Å². The summed E-state index contributed by atoms with van der Waals surface area (Å²) in [6.07, 6.45) is 1.48. The molecule has 2 N–H and O–H groups in total. The molecule has 9 nitrogen and oxygen atoms in total. The lowest BCUT2D eigenvalue weighted by atomic mass is 10.1. The maximum absolute atomic E-state index is 12.4. The number of methoxy groups -OCH3 is 2. The van der Waals surface area contributed by atoms with Crippen LogP contribution in [0.5, 0.6) is 11.5 Å². The molecule has 1 aromatic carbocycles. The second-order valence-corrected chi connectivity index (χ2v) is 5.84.